The van der Waals surface area contributed by atoms with Crippen molar-refractivity contribution in [3.05, 3.63) is 59.0 Å². The van der Waals surface area contributed by atoms with Gasteiger partial charge in [-0.15, -0.1) is 0 Å². The van der Waals surface area contributed by atoms with Gasteiger partial charge in [-0.25, -0.2) is 9.18 Å². The van der Waals surface area contributed by atoms with E-state index in [0.717, 1.165) is 5.56 Å². The van der Waals surface area contributed by atoms with E-state index in [-0.39, 0.29) is 31.2 Å². The first-order valence-corrected chi connectivity index (χ1v) is 10.4. The number of ether oxygens (including phenoxy) is 3. The van der Waals surface area contributed by atoms with E-state index in [1.165, 1.54) is 26.4 Å². The molecular formula is C24H29FN2O5. The average Bonchev–Trinajstić information content (AvgIpc) is 2.81. The van der Waals surface area contributed by atoms with E-state index < -0.39 is 0 Å². The summed E-state index contributed by atoms with van der Waals surface area (Å²) in [6, 6.07) is 9.44. The second kappa shape index (κ2) is 10.5. The molecule has 0 amide bonds. The fraction of sp³-hybridized carbons (Fsp3) is 0.417. The Labute approximate surface area is 187 Å². The largest absolute Gasteiger partial charge is 0.493 e. The van der Waals surface area contributed by atoms with Crippen molar-refractivity contribution in [2.75, 3.05) is 27.5 Å². The number of piperazine rings is 1. The van der Waals surface area contributed by atoms with Gasteiger partial charge in [-0.05, 0) is 49.2 Å². The topological polar surface area (TPSA) is 71.5 Å². The summed E-state index contributed by atoms with van der Waals surface area (Å²) in [5.41, 5.74) is 2.08. The lowest BCUT2D eigenvalue weighted by molar-refractivity contribution is 0.0267. The molecule has 1 fully saturated rings. The van der Waals surface area contributed by atoms with Crippen LogP contribution < -0.4 is 14.2 Å². The van der Waals surface area contributed by atoms with Crippen LogP contribution in [0.5, 0.6) is 17.2 Å². The molecule has 1 saturated heterocycles. The standard InChI is InChI=1S/C24H29FN2O5/c1-16-11-26(15-32-24-22(30-3)9-19(13-28)10-23(24)31-4)17(2)21(14-29)27(16)12-18-5-7-20(25)8-6-18/h5-10,16-17,28H,11-13,15H2,1-4H3/t16-,17+/m1/s1. The normalized spacial score (nSPS) is 18.9. The van der Waals surface area contributed by atoms with Gasteiger partial charge in [0, 0.05) is 19.1 Å². The monoisotopic (exact) mass is 444 g/mol. The Hall–Kier alpha value is -3.06. The highest BCUT2D eigenvalue weighted by molar-refractivity contribution is 5.55. The van der Waals surface area contributed by atoms with Crippen LogP contribution in [-0.4, -0.2) is 60.4 Å². The summed E-state index contributed by atoms with van der Waals surface area (Å²) >= 11 is 0. The zero-order valence-electron chi connectivity index (χ0n) is 18.8. The van der Waals surface area contributed by atoms with Crippen LogP contribution in [0.15, 0.2) is 42.1 Å². The van der Waals surface area contributed by atoms with E-state index in [4.69, 9.17) is 14.2 Å². The molecule has 3 rings (SSSR count). The Balaban J connectivity index is 1.76. The lowest BCUT2D eigenvalue weighted by Crippen LogP contribution is -2.55. The molecule has 1 N–H and O–H groups in total. The second-order valence-corrected chi connectivity index (χ2v) is 7.80. The van der Waals surface area contributed by atoms with Crippen LogP contribution in [0.25, 0.3) is 0 Å². The van der Waals surface area contributed by atoms with Gasteiger partial charge in [0.15, 0.2) is 11.5 Å². The third kappa shape index (κ3) is 5.05. The first-order chi connectivity index (χ1) is 15.4. The first kappa shape index (κ1) is 23.6. The van der Waals surface area contributed by atoms with Gasteiger partial charge >= 0.3 is 0 Å². The molecule has 2 atom stereocenters. The Morgan fingerprint density at radius 3 is 2.25 bits per heavy atom. The number of carbonyl (C=O) groups excluding carboxylic acids is 1. The van der Waals surface area contributed by atoms with E-state index in [2.05, 4.69) is 5.94 Å². The molecule has 2 aromatic rings. The molecule has 0 unspecified atom stereocenters. The number of hydrogen-bond donors (Lipinski definition) is 1. The molecule has 0 aliphatic carbocycles. The Morgan fingerprint density at radius 2 is 1.72 bits per heavy atom. The zero-order valence-corrected chi connectivity index (χ0v) is 18.8. The van der Waals surface area contributed by atoms with Crippen LogP contribution in [-0.2, 0) is 17.9 Å². The molecule has 7 nitrogen and oxygen atoms in total. The van der Waals surface area contributed by atoms with Gasteiger partial charge in [0.1, 0.15) is 24.2 Å². The maximum atomic E-state index is 13.2. The predicted octanol–water partition coefficient (Wildman–Crippen LogP) is 2.98. The molecule has 0 spiro atoms. The van der Waals surface area contributed by atoms with Gasteiger partial charge in [0.05, 0.1) is 26.9 Å². The number of benzene rings is 2. The highest BCUT2D eigenvalue weighted by atomic mass is 19.1. The molecule has 1 aliphatic heterocycles. The summed E-state index contributed by atoms with van der Waals surface area (Å²) < 4.78 is 30.1. The second-order valence-electron chi connectivity index (χ2n) is 7.80. The van der Waals surface area contributed by atoms with Crippen molar-refractivity contribution >= 4 is 5.94 Å². The third-order valence-electron chi connectivity index (χ3n) is 5.73. The first-order valence-electron chi connectivity index (χ1n) is 10.4. The lowest BCUT2D eigenvalue weighted by Gasteiger charge is -2.45. The predicted molar refractivity (Wildman–Crippen MR) is 118 cm³/mol. The summed E-state index contributed by atoms with van der Waals surface area (Å²) in [5.74, 6) is 3.14. The molecule has 8 heteroatoms. The van der Waals surface area contributed by atoms with Crippen LogP contribution in [0.2, 0.25) is 0 Å². The van der Waals surface area contributed by atoms with Crippen LogP contribution in [0.3, 0.4) is 0 Å². The molecule has 0 aromatic heterocycles. The van der Waals surface area contributed by atoms with Crippen molar-refractivity contribution in [3.63, 3.8) is 0 Å². The molecule has 0 radical (unpaired) electrons. The molecule has 0 saturated carbocycles. The van der Waals surface area contributed by atoms with Crippen LogP contribution >= 0.6 is 0 Å². The summed E-state index contributed by atoms with van der Waals surface area (Å²) in [6.45, 7) is 5.15. The van der Waals surface area contributed by atoms with Crippen LogP contribution in [0, 0.1) is 5.82 Å². The number of aliphatic hydroxyl groups excluding tert-OH is 1. The molecule has 32 heavy (non-hydrogen) atoms. The maximum Gasteiger partial charge on any atom is 0.205 e. The van der Waals surface area contributed by atoms with Gasteiger partial charge in [0.2, 0.25) is 5.75 Å². The molecule has 2 aromatic carbocycles. The summed E-state index contributed by atoms with van der Waals surface area (Å²) in [7, 11) is 3.05. The average molecular weight is 445 g/mol. The Morgan fingerprint density at radius 1 is 1.09 bits per heavy atom. The summed E-state index contributed by atoms with van der Waals surface area (Å²) in [6.07, 6.45) is 0. The van der Waals surface area contributed by atoms with Crippen LogP contribution in [0.4, 0.5) is 4.39 Å². The fourth-order valence-electron chi connectivity index (χ4n) is 3.90. The highest BCUT2D eigenvalue weighted by Crippen LogP contribution is 2.39. The van der Waals surface area contributed by atoms with Gasteiger partial charge < -0.3 is 24.2 Å². The minimum absolute atomic E-state index is 0.0110. The smallest absolute Gasteiger partial charge is 0.205 e. The number of rotatable bonds is 8. The van der Waals surface area contributed by atoms with E-state index in [1.54, 1.807) is 24.3 Å². The highest BCUT2D eigenvalue weighted by Gasteiger charge is 2.34. The maximum absolute atomic E-state index is 13.2. The molecule has 1 heterocycles. The third-order valence-corrected chi connectivity index (χ3v) is 5.73. The minimum atomic E-state index is -0.291. The Bertz CT molecular complexity index is 950. The Kier molecular flexibility index (Phi) is 7.75. The van der Waals surface area contributed by atoms with Gasteiger partial charge in [-0.3, -0.25) is 4.90 Å². The quantitative estimate of drug-likeness (QED) is 0.628. The minimum Gasteiger partial charge on any atom is -0.493 e. The van der Waals surface area contributed by atoms with Crippen molar-refractivity contribution in [3.8, 4) is 17.2 Å². The molecule has 172 valence electrons. The summed E-state index contributed by atoms with van der Waals surface area (Å²) in [5, 5.41) is 9.44. The van der Waals surface area contributed by atoms with Gasteiger partial charge in [-0.2, -0.15) is 0 Å². The van der Waals surface area contributed by atoms with E-state index in [0.29, 0.717) is 41.6 Å². The summed E-state index contributed by atoms with van der Waals surface area (Å²) in [4.78, 5) is 15.9. The van der Waals surface area contributed by atoms with Crippen molar-refractivity contribution < 1.29 is 28.5 Å². The van der Waals surface area contributed by atoms with Crippen molar-refractivity contribution in [2.45, 2.75) is 39.1 Å². The SMILES string of the molecule is COc1cc(CO)cc(OC)c1OCN1C[C@@H](C)N(Cc2ccc(F)cc2)C(=C=O)[C@@H]1C. The van der Waals surface area contributed by atoms with Crippen molar-refractivity contribution in [2.24, 2.45) is 0 Å². The van der Waals surface area contributed by atoms with Gasteiger partial charge in [0.25, 0.3) is 0 Å². The van der Waals surface area contributed by atoms with E-state index >= 15 is 0 Å². The fourth-order valence-corrected chi connectivity index (χ4v) is 3.90. The molecule has 0 bridgehead atoms. The molecular weight excluding hydrogens is 415 g/mol. The molecule has 1 aliphatic rings. The number of hydrogen-bond acceptors (Lipinski definition) is 7. The number of halogens is 1. The van der Waals surface area contributed by atoms with E-state index in [1.807, 2.05) is 23.6 Å². The van der Waals surface area contributed by atoms with E-state index in [9.17, 15) is 14.3 Å². The zero-order chi connectivity index (χ0) is 23.3. The number of aliphatic hydroxyl groups is 1. The van der Waals surface area contributed by atoms with Crippen molar-refractivity contribution in [1.82, 2.24) is 9.80 Å². The number of nitrogens with zero attached hydrogens (tertiary/aromatic N) is 2. The number of methoxy groups -OCH3 is 2. The van der Waals surface area contributed by atoms with Gasteiger partial charge in [-0.1, -0.05) is 12.1 Å². The lowest BCUT2D eigenvalue weighted by atomic mass is 10.0. The van der Waals surface area contributed by atoms with Crippen molar-refractivity contribution in [1.29, 1.82) is 0 Å². The van der Waals surface area contributed by atoms with Crippen LogP contribution in [0.1, 0.15) is 25.0 Å².